The summed E-state index contributed by atoms with van der Waals surface area (Å²) in [4.78, 5) is 2.58. The van der Waals surface area contributed by atoms with E-state index in [0.717, 1.165) is 19.6 Å². The Morgan fingerprint density at radius 1 is 1.19 bits per heavy atom. The lowest BCUT2D eigenvalue weighted by molar-refractivity contribution is -0.182. The minimum Gasteiger partial charge on any atom is -0.392 e. The molecule has 2 saturated heterocycles. The van der Waals surface area contributed by atoms with Crippen molar-refractivity contribution in [1.29, 1.82) is 0 Å². The molecule has 0 aromatic heterocycles. The minimum absolute atomic E-state index is 0.0938. The van der Waals surface area contributed by atoms with E-state index in [-0.39, 0.29) is 11.5 Å². The molecule has 92 valence electrons. The van der Waals surface area contributed by atoms with E-state index in [1.54, 1.807) is 0 Å². The van der Waals surface area contributed by atoms with Crippen LogP contribution >= 0.6 is 0 Å². The van der Waals surface area contributed by atoms with Gasteiger partial charge in [0.2, 0.25) is 0 Å². The molecular weight excluding hydrogens is 202 g/mol. The molecule has 0 radical (unpaired) electrons. The Bertz CT molecular complexity index is 276. The molecule has 2 heterocycles. The maximum atomic E-state index is 9.77. The fourth-order valence-corrected chi connectivity index (χ4v) is 3.66. The molecule has 1 spiro atoms. The number of hydrogen-bond donors (Lipinski definition) is 1. The molecule has 3 fully saturated rings. The molecule has 16 heavy (non-hydrogen) atoms. The lowest BCUT2D eigenvalue weighted by Crippen LogP contribution is -2.70. The van der Waals surface area contributed by atoms with Gasteiger partial charge in [-0.2, -0.15) is 0 Å². The summed E-state index contributed by atoms with van der Waals surface area (Å²) in [6.45, 7) is 8.75. The van der Waals surface area contributed by atoms with E-state index in [9.17, 15) is 5.11 Å². The second kappa shape index (κ2) is 3.44. The highest BCUT2D eigenvalue weighted by Gasteiger charge is 2.56. The molecule has 2 unspecified atom stereocenters. The summed E-state index contributed by atoms with van der Waals surface area (Å²) in [5, 5.41) is 9.77. The summed E-state index contributed by atoms with van der Waals surface area (Å²) in [6, 6.07) is 0.607. The van der Waals surface area contributed by atoms with Gasteiger partial charge in [0.25, 0.3) is 0 Å². The van der Waals surface area contributed by atoms with Gasteiger partial charge in [0.15, 0.2) is 0 Å². The molecule has 2 aliphatic heterocycles. The molecule has 1 saturated carbocycles. The Balaban J connectivity index is 1.57. The van der Waals surface area contributed by atoms with E-state index >= 15 is 0 Å². The van der Waals surface area contributed by atoms with Crippen LogP contribution in [0, 0.1) is 10.8 Å². The Kier molecular flexibility index (Phi) is 2.36. The first-order valence-corrected chi connectivity index (χ1v) is 6.53. The summed E-state index contributed by atoms with van der Waals surface area (Å²) in [5.74, 6) is 0. The zero-order valence-corrected chi connectivity index (χ0v) is 10.4. The summed E-state index contributed by atoms with van der Waals surface area (Å²) < 4.78 is 5.44. The summed E-state index contributed by atoms with van der Waals surface area (Å²) >= 11 is 0. The third-order valence-corrected chi connectivity index (χ3v) is 5.24. The molecular formula is C13H23NO2. The molecule has 1 aliphatic carbocycles. The average molecular weight is 225 g/mol. The number of aliphatic hydroxyl groups is 1. The van der Waals surface area contributed by atoms with Crippen molar-refractivity contribution in [1.82, 2.24) is 4.90 Å². The van der Waals surface area contributed by atoms with Crippen molar-refractivity contribution >= 4 is 0 Å². The number of ether oxygens (including phenoxy) is 1. The Morgan fingerprint density at radius 2 is 1.81 bits per heavy atom. The van der Waals surface area contributed by atoms with E-state index in [1.165, 1.54) is 25.9 Å². The lowest BCUT2D eigenvalue weighted by atomic mass is 9.61. The van der Waals surface area contributed by atoms with Gasteiger partial charge >= 0.3 is 0 Å². The third-order valence-electron chi connectivity index (χ3n) is 5.24. The Labute approximate surface area is 97.8 Å². The smallest absolute Gasteiger partial charge is 0.0621 e. The van der Waals surface area contributed by atoms with Gasteiger partial charge in [-0.1, -0.05) is 13.8 Å². The van der Waals surface area contributed by atoms with Gasteiger partial charge in [0.1, 0.15) is 0 Å². The van der Waals surface area contributed by atoms with Crippen molar-refractivity contribution in [2.24, 2.45) is 10.8 Å². The third kappa shape index (κ3) is 1.45. The standard InChI is InChI=1S/C13H23NO2/c1-12(2)10(7-11(12)15)14-8-13(9-14)3-5-16-6-4-13/h10-11,15H,3-9H2,1-2H3. The van der Waals surface area contributed by atoms with E-state index < -0.39 is 0 Å². The van der Waals surface area contributed by atoms with Crippen molar-refractivity contribution < 1.29 is 9.84 Å². The van der Waals surface area contributed by atoms with Gasteiger partial charge in [-0.05, 0) is 19.3 Å². The molecule has 1 N–H and O–H groups in total. The molecule has 0 amide bonds. The minimum atomic E-state index is -0.0938. The van der Waals surface area contributed by atoms with Gasteiger partial charge < -0.3 is 9.84 Å². The highest BCUT2D eigenvalue weighted by molar-refractivity contribution is 5.08. The van der Waals surface area contributed by atoms with E-state index in [1.807, 2.05) is 0 Å². The van der Waals surface area contributed by atoms with Crippen molar-refractivity contribution in [3.8, 4) is 0 Å². The zero-order chi connectivity index (χ0) is 11.4. The van der Waals surface area contributed by atoms with Crippen LogP contribution in [-0.4, -0.2) is 48.5 Å². The predicted octanol–water partition coefficient (Wildman–Crippen LogP) is 1.26. The van der Waals surface area contributed by atoms with Gasteiger partial charge in [0, 0.05) is 43.2 Å². The van der Waals surface area contributed by atoms with Crippen molar-refractivity contribution in [2.75, 3.05) is 26.3 Å². The second-order valence-electron chi connectivity index (χ2n) is 6.61. The maximum Gasteiger partial charge on any atom is 0.0621 e. The molecule has 3 heteroatoms. The van der Waals surface area contributed by atoms with Crippen LogP contribution in [0.3, 0.4) is 0 Å². The van der Waals surface area contributed by atoms with Crippen LogP contribution in [-0.2, 0) is 4.74 Å². The van der Waals surface area contributed by atoms with E-state index in [2.05, 4.69) is 18.7 Å². The van der Waals surface area contributed by atoms with Crippen LogP contribution in [0.5, 0.6) is 0 Å². The highest BCUT2D eigenvalue weighted by atomic mass is 16.5. The Hall–Kier alpha value is -0.120. The second-order valence-corrected chi connectivity index (χ2v) is 6.61. The lowest BCUT2D eigenvalue weighted by Gasteiger charge is -2.63. The molecule has 2 atom stereocenters. The van der Waals surface area contributed by atoms with Gasteiger partial charge in [-0.3, -0.25) is 4.90 Å². The first-order valence-electron chi connectivity index (χ1n) is 6.53. The fourth-order valence-electron chi connectivity index (χ4n) is 3.66. The van der Waals surface area contributed by atoms with Crippen molar-refractivity contribution in [3.63, 3.8) is 0 Å². The molecule has 3 nitrogen and oxygen atoms in total. The summed E-state index contributed by atoms with van der Waals surface area (Å²) in [5.41, 5.74) is 0.668. The molecule has 3 rings (SSSR count). The highest BCUT2D eigenvalue weighted by Crippen LogP contribution is 2.50. The molecule has 0 bridgehead atoms. The van der Waals surface area contributed by atoms with Crippen LogP contribution < -0.4 is 0 Å². The number of hydrogen-bond acceptors (Lipinski definition) is 3. The number of likely N-dealkylation sites (tertiary alicyclic amines) is 1. The monoisotopic (exact) mass is 225 g/mol. The van der Waals surface area contributed by atoms with E-state index in [4.69, 9.17) is 4.74 Å². The molecule has 0 aromatic rings. The van der Waals surface area contributed by atoms with Gasteiger partial charge in [-0.15, -0.1) is 0 Å². The van der Waals surface area contributed by atoms with Gasteiger partial charge in [0.05, 0.1) is 6.10 Å². The molecule has 0 aromatic carbocycles. The maximum absolute atomic E-state index is 9.77. The topological polar surface area (TPSA) is 32.7 Å². The number of aliphatic hydroxyl groups excluding tert-OH is 1. The van der Waals surface area contributed by atoms with Gasteiger partial charge in [-0.25, -0.2) is 0 Å². The quantitative estimate of drug-likeness (QED) is 0.729. The van der Waals surface area contributed by atoms with Crippen LogP contribution in [0.4, 0.5) is 0 Å². The summed E-state index contributed by atoms with van der Waals surface area (Å²) in [7, 11) is 0. The first kappa shape index (κ1) is 11.0. The number of rotatable bonds is 1. The summed E-state index contributed by atoms with van der Waals surface area (Å²) in [6.07, 6.45) is 3.35. The normalized spacial score (nSPS) is 41.4. The zero-order valence-electron chi connectivity index (χ0n) is 10.4. The predicted molar refractivity (Wildman–Crippen MR) is 62.3 cm³/mol. The number of nitrogens with zero attached hydrogens (tertiary/aromatic N) is 1. The van der Waals surface area contributed by atoms with Crippen LogP contribution in [0.2, 0.25) is 0 Å². The first-order chi connectivity index (χ1) is 7.54. The largest absolute Gasteiger partial charge is 0.392 e. The van der Waals surface area contributed by atoms with Crippen molar-refractivity contribution in [2.45, 2.75) is 45.3 Å². The van der Waals surface area contributed by atoms with E-state index in [0.29, 0.717) is 11.5 Å². The van der Waals surface area contributed by atoms with Crippen LogP contribution in [0.1, 0.15) is 33.1 Å². The van der Waals surface area contributed by atoms with Crippen LogP contribution in [0.25, 0.3) is 0 Å². The van der Waals surface area contributed by atoms with Crippen LogP contribution in [0.15, 0.2) is 0 Å². The SMILES string of the molecule is CC1(C)C(O)CC1N1CC2(CCOCC2)C1. The average Bonchev–Trinajstić information content (AvgIpc) is 2.24. The fraction of sp³-hybridized carbons (Fsp3) is 1.00. The Morgan fingerprint density at radius 3 is 2.31 bits per heavy atom. The van der Waals surface area contributed by atoms with Crippen molar-refractivity contribution in [3.05, 3.63) is 0 Å². The molecule has 3 aliphatic rings.